The lowest BCUT2D eigenvalue weighted by atomic mass is 10.2. The van der Waals surface area contributed by atoms with Crippen LogP contribution in [0.2, 0.25) is 0 Å². The van der Waals surface area contributed by atoms with Crippen molar-refractivity contribution in [2.24, 2.45) is 0 Å². The van der Waals surface area contributed by atoms with E-state index in [4.69, 9.17) is 0 Å². The van der Waals surface area contributed by atoms with Crippen LogP contribution in [0.15, 0.2) is 0 Å². The molecule has 0 bridgehead atoms. The highest BCUT2D eigenvalue weighted by Crippen LogP contribution is 2.22. The molecule has 0 radical (unpaired) electrons. The highest BCUT2D eigenvalue weighted by molar-refractivity contribution is 5.86. The Kier molecular flexibility index (Phi) is 6.30. The van der Waals surface area contributed by atoms with Crippen molar-refractivity contribution in [3.05, 3.63) is 0 Å². The van der Waals surface area contributed by atoms with Crippen LogP contribution in [0.3, 0.4) is 0 Å². The number of hydrogen-bond acceptors (Lipinski definition) is 5. The highest BCUT2D eigenvalue weighted by atomic mass is 16.2. The second-order valence-electron chi connectivity index (χ2n) is 7.73. The number of likely N-dealkylation sites (tertiary alicyclic amines) is 1. The van der Waals surface area contributed by atoms with Crippen molar-refractivity contribution in [2.45, 2.75) is 38.8 Å². The van der Waals surface area contributed by atoms with E-state index in [0.717, 1.165) is 45.8 Å². The summed E-state index contributed by atoms with van der Waals surface area (Å²) in [6.07, 6.45) is 2.63. The average molecular weight is 351 g/mol. The molecule has 3 rings (SSSR count). The van der Waals surface area contributed by atoms with Gasteiger partial charge in [0.1, 0.15) is 0 Å². The molecule has 0 aromatic carbocycles. The predicted molar refractivity (Wildman–Crippen MR) is 97.3 cm³/mol. The van der Waals surface area contributed by atoms with E-state index in [1.54, 1.807) is 4.90 Å². The number of carbonyl (C=O) groups excluding carboxylic acids is 2. The molecule has 0 aromatic heterocycles. The van der Waals surface area contributed by atoms with Crippen LogP contribution in [-0.2, 0) is 9.59 Å². The zero-order chi connectivity index (χ0) is 17.8. The van der Waals surface area contributed by atoms with Crippen LogP contribution in [0.1, 0.15) is 26.7 Å². The smallest absolute Gasteiger partial charge is 0.242 e. The third-order valence-electron chi connectivity index (χ3n) is 6.05. The van der Waals surface area contributed by atoms with Crippen LogP contribution in [0.4, 0.5) is 0 Å². The van der Waals surface area contributed by atoms with Crippen LogP contribution in [-0.4, -0.2) is 109 Å². The molecule has 3 fully saturated rings. The molecule has 142 valence electrons. The van der Waals surface area contributed by atoms with Crippen LogP contribution < -0.4 is 5.32 Å². The fourth-order valence-corrected chi connectivity index (χ4v) is 4.24. The Morgan fingerprint density at radius 1 is 1.04 bits per heavy atom. The minimum absolute atomic E-state index is 0.0343. The zero-order valence-electron chi connectivity index (χ0n) is 15.7. The van der Waals surface area contributed by atoms with Gasteiger partial charge < -0.3 is 15.1 Å². The topological polar surface area (TPSA) is 59.1 Å². The van der Waals surface area contributed by atoms with Crippen molar-refractivity contribution in [3.63, 3.8) is 0 Å². The Labute approximate surface area is 151 Å². The van der Waals surface area contributed by atoms with Crippen molar-refractivity contribution in [1.82, 2.24) is 24.9 Å². The Bertz CT molecular complexity index is 468. The second-order valence-corrected chi connectivity index (χ2v) is 7.73. The van der Waals surface area contributed by atoms with E-state index in [1.807, 2.05) is 4.90 Å². The molecule has 2 amide bonds. The van der Waals surface area contributed by atoms with Crippen molar-refractivity contribution in [3.8, 4) is 0 Å². The molecular weight excluding hydrogens is 318 g/mol. The Morgan fingerprint density at radius 2 is 1.72 bits per heavy atom. The number of rotatable bonds is 5. The second kappa shape index (κ2) is 8.47. The summed E-state index contributed by atoms with van der Waals surface area (Å²) in [5.74, 6) is 0.128. The number of carbonyl (C=O) groups is 2. The largest absolute Gasteiger partial charge is 0.339 e. The molecule has 2 atom stereocenters. The standard InChI is InChI=1S/C18H33N5O2/c1-15-3-4-16(2)23(15)12-9-20-7-10-21(11-8-20)18(25)14-22-6-5-19-13-17(22)24/h15-16,19H,3-14H2,1-2H3/t15-,16-/m1/s1. The van der Waals surface area contributed by atoms with Crippen LogP contribution in [0.25, 0.3) is 0 Å². The molecule has 25 heavy (non-hydrogen) atoms. The van der Waals surface area contributed by atoms with Crippen LogP contribution in [0, 0.1) is 0 Å². The number of nitrogens with zero attached hydrogens (tertiary/aromatic N) is 4. The van der Waals surface area contributed by atoms with Gasteiger partial charge in [0, 0.05) is 64.4 Å². The maximum Gasteiger partial charge on any atom is 0.242 e. The molecule has 3 aliphatic heterocycles. The summed E-state index contributed by atoms with van der Waals surface area (Å²) in [7, 11) is 0. The van der Waals surface area contributed by atoms with E-state index in [2.05, 4.69) is 29.0 Å². The molecule has 0 unspecified atom stereocenters. The van der Waals surface area contributed by atoms with Gasteiger partial charge in [-0.2, -0.15) is 0 Å². The van der Waals surface area contributed by atoms with E-state index in [0.29, 0.717) is 25.2 Å². The average Bonchev–Trinajstić information content (AvgIpc) is 2.93. The van der Waals surface area contributed by atoms with E-state index in [-0.39, 0.29) is 18.4 Å². The summed E-state index contributed by atoms with van der Waals surface area (Å²) in [4.78, 5) is 33.0. The molecule has 0 saturated carbocycles. The van der Waals surface area contributed by atoms with Crippen molar-refractivity contribution >= 4 is 11.8 Å². The van der Waals surface area contributed by atoms with E-state index in [9.17, 15) is 9.59 Å². The minimum Gasteiger partial charge on any atom is -0.339 e. The third-order valence-corrected chi connectivity index (χ3v) is 6.05. The molecule has 0 spiro atoms. The van der Waals surface area contributed by atoms with Gasteiger partial charge in [0.05, 0.1) is 13.1 Å². The number of piperazine rings is 2. The summed E-state index contributed by atoms with van der Waals surface area (Å²) in [6, 6.07) is 1.41. The first-order chi connectivity index (χ1) is 12.0. The highest BCUT2D eigenvalue weighted by Gasteiger charge is 2.29. The molecule has 0 aliphatic carbocycles. The molecule has 3 saturated heterocycles. The van der Waals surface area contributed by atoms with Gasteiger partial charge in [0.25, 0.3) is 0 Å². The Morgan fingerprint density at radius 3 is 2.36 bits per heavy atom. The van der Waals surface area contributed by atoms with Gasteiger partial charge in [0.15, 0.2) is 0 Å². The molecule has 3 aliphatic rings. The van der Waals surface area contributed by atoms with E-state index < -0.39 is 0 Å². The predicted octanol–water partition coefficient (Wildman–Crippen LogP) is -0.565. The van der Waals surface area contributed by atoms with E-state index in [1.165, 1.54) is 12.8 Å². The van der Waals surface area contributed by atoms with Gasteiger partial charge in [-0.05, 0) is 26.7 Å². The lowest BCUT2D eigenvalue weighted by Crippen LogP contribution is -2.55. The van der Waals surface area contributed by atoms with Crippen molar-refractivity contribution < 1.29 is 9.59 Å². The van der Waals surface area contributed by atoms with Crippen molar-refractivity contribution in [2.75, 3.05) is 65.4 Å². The molecule has 7 nitrogen and oxygen atoms in total. The summed E-state index contributed by atoms with van der Waals surface area (Å²) < 4.78 is 0. The quantitative estimate of drug-likeness (QED) is 0.719. The van der Waals surface area contributed by atoms with Gasteiger partial charge in [-0.25, -0.2) is 0 Å². The maximum atomic E-state index is 12.5. The SMILES string of the molecule is C[C@@H]1CC[C@@H](C)N1CCN1CCN(C(=O)CN2CCNCC2=O)CC1. The maximum absolute atomic E-state index is 12.5. The fourth-order valence-electron chi connectivity index (χ4n) is 4.24. The summed E-state index contributed by atoms with van der Waals surface area (Å²) in [5, 5.41) is 3.04. The van der Waals surface area contributed by atoms with Crippen LogP contribution >= 0.6 is 0 Å². The van der Waals surface area contributed by atoms with Gasteiger partial charge in [-0.15, -0.1) is 0 Å². The molecular formula is C18H33N5O2. The molecule has 1 N–H and O–H groups in total. The van der Waals surface area contributed by atoms with Gasteiger partial charge in [-0.3, -0.25) is 19.4 Å². The fraction of sp³-hybridized carbons (Fsp3) is 0.889. The first kappa shape index (κ1) is 18.6. The van der Waals surface area contributed by atoms with Gasteiger partial charge >= 0.3 is 0 Å². The molecule has 0 aromatic rings. The first-order valence-corrected chi connectivity index (χ1v) is 9.79. The number of hydrogen-bond donors (Lipinski definition) is 1. The minimum atomic E-state index is 0.0343. The van der Waals surface area contributed by atoms with Gasteiger partial charge in [0.2, 0.25) is 11.8 Å². The zero-order valence-corrected chi connectivity index (χ0v) is 15.7. The summed E-state index contributed by atoms with van der Waals surface area (Å²) in [5.41, 5.74) is 0. The van der Waals surface area contributed by atoms with E-state index >= 15 is 0 Å². The normalized spacial score (nSPS) is 29.4. The monoisotopic (exact) mass is 351 g/mol. The van der Waals surface area contributed by atoms with Crippen molar-refractivity contribution in [1.29, 1.82) is 0 Å². The molecule has 7 heteroatoms. The first-order valence-electron chi connectivity index (χ1n) is 9.79. The van der Waals surface area contributed by atoms with Crippen LogP contribution in [0.5, 0.6) is 0 Å². The summed E-state index contributed by atoms with van der Waals surface area (Å²) in [6.45, 7) is 12.3. The number of amides is 2. The molecule has 3 heterocycles. The Hall–Kier alpha value is -1.18. The number of nitrogens with one attached hydrogen (secondary N) is 1. The van der Waals surface area contributed by atoms with Gasteiger partial charge in [-0.1, -0.05) is 0 Å². The third kappa shape index (κ3) is 4.71. The lowest BCUT2D eigenvalue weighted by molar-refractivity contribution is -0.142. The lowest BCUT2D eigenvalue weighted by Gasteiger charge is -2.37. The summed E-state index contributed by atoms with van der Waals surface area (Å²) >= 11 is 0. The Balaban J connectivity index is 1.38.